The van der Waals surface area contributed by atoms with Crippen molar-refractivity contribution in [3.05, 3.63) is 0 Å². The molecular weight excluding hydrogens is 202 g/mol. The van der Waals surface area contributed by atoms with Crippen LogP contribution in [0.4, 0.5) is 0 Å². The summed E-state index contributed by atoms with van der Waals surface area (Å²) in [6.07, 6.45) is 3.09. The molecule has 2 fully saturated rings. The lowest BCUT2D eigenvalue weighted by Crippen LogP contribution is -2.31. The third kappa shape index (κ3) is 3.46. The Morgan fingerprint density at radius 1 is 1.44 bits per heavy atom. The lowest BCUT2D eigenvalue weighted by atomic mass is 10.0. The zero-order valence-electron chi connectivity index (χ0n) is 10.2. The summed E-state index contributed by atoms with van der Waals surface area (Å²) in [6.45, 7) is 5.25. The van der Waals surface area contributed by atoms with Crippen LogP contribution >= 0.6 is 0 Å². The molecule has 2 aliphatic heterocycles. The summed E-state index contributed by atoms with van der Waals surface area (Å²) in [5, 5.41) is 6.39. The van der Waals surface area contributed by atoms with E-state index in [2.05, 4.69) is 22.6 Å². The third-order valence-corrected chi connectivity index (χ3v) is 3.71. The number of nitrogens with zero attached hydrogens (tertiary/aromatic N) is 1. The first-order valence-corrected chi connectivity index (χ1v) is 6.40. The first-order chi connectivity index (χ1) is 7.74. The van der Waals surface area contributed by atoms with Crippen LogP contribution in [0.5, 0.6) is 0 Å². The fourth-order valence-corrected chi connectivity index (χ4v) is 2.67. The number of likely N-dealkylation sites (tertiary alicyclic amines) is 1. The van der Waals surface area contributed by atoms with Gasteiger partial charge in [-0.3, -0.25) is 4.79 Å². The summed E-state index contributed by atoms with van der Waals surface area (Å²) in [6, 6.07) is 0. The van der Waals surface area contributed by atoms with Gasteiger partial charge in [0, 0.05) is 19.5 Å². The predicted molar refractivity (Wildman–Crippen MR) is 64.2 cm³/mol. The molecule has 0 aromatic heterocycles. The molecule has 0 radical (unpaired) electrons. The lowest BCUT2D eigenvalue weighted by Gasteiger charge is -2.13. The van der Waals surface area contributed by atoms with E-state index in [1.807, 2.05) is 0 Å². The van der Waals surface area contributed by atoms with E-state index in [1.165, 1.54) is 12.8 Å². The molecule has 2 rings (SSSR count). The molecular formula is C12H23N3O. The summed E-state index contributed by atoms with van der Waals surface area (Å²) in [5.74, 6) is 1.47. The minimum atomic E-state index is 0.243. The van der Waals surface area contributed by atoms with Crippen LogP contribution in [0.3, 0.4) is 0 Å². The lowest BCUT2D eigenvalue weighted by molar-refractivity contribution is -0.122. The van der Waals surface area contributed by atoms with Gasteiger partial charge in [-0.2, -0.15) is 0 Å². The van der Waals surface area contributed by atoms with Crippen LogP contribution in [0.1, 0.15) is 19.3 Å². The number of hydrogen-bond donors (Lipinski definition) is 2. The number of rotatable bonds is 4. The fraction of sp³-hybridized carbons (Fsp3) is 0.917. The second-order valence-electron chi connectivity index (χ2n) is 5.28. The highest BCUT2D eigenvalue weighted by atomic mass is 16.1. The highest BCUT2D eigenvalue weighted by Crippen LogP contribution is 2.17. The number of amides is 1. The predicted octanol–water partition coefficient (Wildman–Crippen LogP) is 0.0539. The number of carbonyl (C=O) groups excluding carboxylic acids is 1. The Kier molecular flexibility index (Phi) is 4.18. The summed E-state index contributed by atoms with van der Waals surface area (Å²) in [4.78, 5) is 14.0. The molecule has 2 atom stereocenters. The summed E-state index contributed by atoms with van der Waals surface area (Å²) >= 11 is 0. The average Bonchev–Trinajstić information content (AvgIpc) is 2.87. The van der Waals surface area contributed by atoms with E-state index in [0.717, 1.165) is 32.7 Å². The SMILES string of the molecule is CN1CCC(CC(=O)NCC2CCNC2)C1. The minimum Gasteiger partial charge on any atom is -0.356 e. The van der Waals surface area contributed by atoms with Crippen molar-refractivity contribution in [2.45, 2.75) is 19.3 Å². The maximum Gasteiger partial charge on any atom is 0.220 e. The average molecular weight is 225 g/mol. The van der Waals surface area contributed by atoms with Gasteiger partial charge in [-0.1, -0.05) is 0 Å². The Morgan fingerprint density at radius 3 is 2.94 bits per heavy atom. The van der Waals surface area contributed by atoms with Crippen molar-refractivity contribution >= 4 is 5.91 Å². The van der Waals surface area contributed by atoms with Gasteiger partial charge in [0.2, 0.25) is 5.91 Å². The molecule has 0 aliphatic carbocycles. The van der Waals surface area contributed by atoms with Crippen LogP contribution in [-0.2, 0) is 4.79 Å². The molecule has 2 N–H and O–H groups in total. The zero-order valence-corrected chi connectivity index (χ0v) is 10.2. The maximum absolute atomic E-state index is 11.7. The van der Waals surface area contributed by atoms with Crippen molar-refractivity contribution in [2.75, 3.05) is 39.8 Å². The van der Waals surface area contributed by atoms with E-state index in [4.69, 9.17) is 0 Å². The van der Waals surface area contributed by atoms with Crippen molar-refractivity contribution in [3.8, 4) is 0 Å². The summed E-state index contributed by atoms with van der Waals surface area (Å²) in [7, 11) is 2.13. The number of carbonyl (C=O) groups is 1. The summed E-state index contributed by atoms with van der Waals surface area (Å²) in [5.41, 5.74) is 0. The molecule has 0 aromatic rings. The molecule has 2 heterocycles. The van der Waals surface area contributed by atoms with Gasteiger partial charge in [-0.25, -0.2) is 0 Å². The van der Waals surface area contributed by atoms with Gasteiger partial charge >= 0.3 is 0 Å². The Bertz CT molecular complexity index is 238. The van der Waals surface area contributed by atoms with Crippen molar-refractivity contribution in [1.29, 1.82) is 0 Å². The van der Waals surface area contributed by atoms with Crippen molar-refractivity contribution in [1.82, 2.24) is 15.5 Å². The quantitative estimate of drug-likeness (QED) is 0.711. The molecule has 4 heteroatoms. The standard InChI is InChI=1S/C12H23N3O/c1-15-5-3-10(9-15)6-12(16)14-8-11-2-4-13-7-11/h10-11,13H,2-9H2,1H3,(H,14,16). The van der Waals surface area contributed by atoms with E-state index in [9.17, 15) is 4.79 Å². The molecule has 2 saturated heterocycles. The van der Waals surface area contributed by atoms with E-state index >= 15 is 0 Å². The Labute approximate surface area is 97.8 Å². The Balaban J connectivity index is 1.60. The van der Waals surface area contributed by atoms with Crippen LogP contribution in [-0.4, -0.2) is 50.6 Å². The summed E-state index contributed by atoms with van der Waals surface area (Å²) < 4.78 is 0. The largest absolute Gasteiger partial charge is 0.356 e. The number of hydrogen-bond acceptors (Lipinski definition) is 3. The Hall–Kier alpha value is -0.610. The highest BCUT2D eigenvalue weighted by molar-refractivity contribution is 5.76. The zero-order chi connectivity index (χ0) is 11.4. The molecule has 0 spiro atoms. The molecule has 2 unspecified atom stereocenters. The molecule has 0 saturated carbocycles. The van der Waals surface area contributed by atoms with Gasteiger partial charge < -0.3 is 15.5 Å². The van der Waals surface area contributed by atoms with Crippen molar-refractivity contribution in [3.63, 3.8) is 0 Å². The normalized spacial score (nSPS) is 30.8. The molecule has 1 amide bonds. The van der Waals surface area contributed by atoms with Crippen LogP contribution in [0.2, 0.25) is 0 Å². The van der Waals surface area contributed by atoms with E-state index < -0.39 is 0 Å². The molecule has 0 bridgehead atoms. The smallest absolute Gasteiger partial charge is 0.220 e. The monoisotopic (exact) mass is 225 g/mol. The van der Waals surface area contributed by atoms with Gasteiger partial charge in [0.05, 0.1) is 0 Å². The van der Waals surface area contributed by atoms with Crippen LogP contribution in [0.15, 0.2) is 0 Å². The van der Waals surface area contributed by atoms with E-state index in [0.29, 0.717) is 18.3 Å². The van der Waals surface area contributed by atoms with Crippen LogP contribution in [0.25, 0.3) is 0 Å². The molecule has 2 aliphatic rings. The topological polar surface area (TPSA) is 44.4 Å². The Morgan fingerprint density at radius 2 is 2.31 bits per heavy atom. The fourth-order valence-electron chi connectivity index (χ4n) is 2.67. The van der Waals surface area contributed by atoms with E-state index in [1.54, 1.807) is 0 Å². The molecule has 92 valence electrons. The van der Waals surface area contributed by atoms with Crippen LogP contribution < -0.4 is 10.6 Å². The van der Waals surface area contributed by atoms with Crippen molar-refractivity contribution in [2.24, 2.45) is 11.8 Å². The van der Waals surface area contributed by atoms with Gasteiger partial charge in [-0.05, 0) is 51.4 Å². The van der Waals surface area contributed by atoms with Gasteiger partial charge in [-0.15, -0.1) is 0 Å². The van der Waals surface area contributed by atoms with Crippen LogP contribution in [0, 0.1) is 11.8 Å². The maximum atomic E-state index is 11.7. The molecule has 0 aromatic carbocycles. The third-order valence-electron chi connectivity index (χ3n) is 3.71. The van der Waals surface area contributed by atoms with Gasteiger partial charge in [0.25, 0.3) is 0 Å². The van der Waals surface area contributed by atoms with Crippen molar-refractivity contribution < 1.29 is 4.79 Å². The first kappa shape index (κ1) is 11.9. The molecule has 16 heavy (non-hydrogen) atoms. The first-order valence-electron chi connectivity index (χ1n) is 6.40. The van der Waals surface area contributed by atoms with Gasteiger partial charge in [0.15, 0.2) is 0 Å². The second kappa shape index (κ2) is 5.64. The highest BCUT2D eigenvalue weighted by Gasteiger charge is 2.22. The van der Waals surface area contributed by atoms with E-state index in [-0.39, 0.29) is 5.91 Å². The van der Waals surface area contributed by atoms with Gasteiger partial charge in [0.1, 0.15) is 0 Å². The minimum absolute atomic E-state index is 0.243. The molecule has 4 nitrogen and oxygen atoms in total. The number of nitrogens with one attached hydrogen (secondary N) is 2. The second-order valence-corrected chi connectivity index (χ2v) is 5.28.